The van der Waals surface area contributed by atoms with E-state index < -0.39 is 22.0 Å². The van der Waals surface area contributed by atoms with E-state index in [0.29, 0.717) is 13.0 Å². The lowest BCUT2D eigenvalue weighted by molar-refractivity contribution is -0.142. The van der Waals surface area contributed by atoms with Crippen molar-refractivity contribution in [1.82, 2.24) is 4.31 Å². The first-order chi connectivity index (χ1) is 9.92. The summed E-state index contributed by atoms with van der Waals surface area (Å²) < 4.78 is 26.3. The van der Waals surface area contributed by atoms with Crippen LogP contribution in [0.3, 0.4) is 0 Å². The molecule has 116 valence electrons. The Morgan fingerprint density at radius 3 is 2.62 bits per heavy atom. The highest BCUT2D eigenvalue weighted by atomic mass is 32.2. The van der Waals surface area contributed by atoms with Crippen LogP contribution in [0.25, 0.3) is 0 Å². The molecule has 0 spiro atoms. The second kappa shape index (κ2) is 6.58. The molecule has 2 atom stereocenters. The fourth-order valence-electron chi connectivity index (χ4n) is 2.77. The number of carboxylic acids is 1. The number of hydrogen-bond acceptors (Lipinski definition) is 3. The van der Waals surface area contributed by atoms with Gasteiger partial charge in [-0.05, 0) is 30.7 Å². The molecule has 1 aromatic carbocycles. The lowest BCUT2D eigenvalue weighted by Crippen LogP contribution is -2.49. The molecule has 1 aliphatic rings. The molecule has 6 heteroatoms. The topological polar surface area (TPSA) is 74.7 Å². The Morgan fingerprint density at radius 1 is 1.33 bits per heavy atom. The van der Waals surface area contributed by atoms with Crippen molar-refractivity contribution in [2.75, 3.05) is 12.3 Å². The van der Waals surface area contributed by atoms with E-state index in [0.717, 1.165) is 18.4 Å². The molecular weight excluding hydrogens is 290 g/mol. The van der Waals surface area contributed by atoms with Gasteiger partial charge in [-0.2, -0.15) is 4.31 Å². The van der Waals surface area contributed by atoms with Crippen molar-refractivity contribution in [3.8, 4) is 0 Å². The number of hydrogen-bond donors (Lipinski definition) is 1. The molecule has 1 aliphatic heterocycles. The van der Waals surface area contributed by atoms with E-state index in [1.807, 2.05) is 37.3 Å². The van der Waals surface area contributed by atoms with E-state index in [2.05, 4.69) is 0 Å². The molecule has 0 saturated carbocycles. The lowest BCUT2D eigenvalue weighted by atomic mass is 10.0. The van der Waals surface area contributed by atoms with Gasteiger partial charge in [-0.15, -0.1) is 0 Å². The third kappa shape index (κ3) is 3.83. The second-order valence-corrected chi connectivity index (χ2v) is 7.52. The van der Waals surface area contributed by atoms with E-state index >= 15 is 0 Å². The minimum absolute atomic E-state index is 0.0548. The zero-order valence-electron chi connectivity index (χ0n) is 12.1. The maximum atomic E-state index is 12.5. The van der Waals surface area contributed by atoms with Crippen LogP contribution in [-0.4, -0.2) is 42.1 Å². The van der Waals surface area contributed by atoms with Gasteiger partial charge in [-0.3, -0.25) is 4.79 Å². The molecular formula is C15H21NO4S. The van der Waals surface area contributed by atoms with E-state index in [4.69, 9.17) is 0 Å². The normalized spacial score (nSPS) is 21.9. The average Bonchev–Trinajstić information content (AvgIpc) is 2.47. The Balaban J connectivity index is 2.15. The van der Waals surface area contributed by atoms with Crippen molar-refractivity contribution < 1.29 is 18.3 Å². The molecule has 0 aliphatic carbocycles. The first-order valence-corrected chi connectivity index (χ1v) is 8.80. The third-order valence-corrected chi connectivity index (χ3v) is 6.00. The average molecular weight is 311 g/mol. The molecule has 0 amide bonds. The van der Waals surface area contributed by atoms with Crippen LogP contribution in [0.5, 0.6) is 0 Å². The molecule has 1 unspecified atom stereocenters. The van der Waals surface area contributed by atoms with E-state index in [1.54, 1.807) is 0 Å². The number of carboxylic acid groups (broad SMARTS) is 1. The summed E-state index contributed by atoms with van der Waals surface area (Å²) in [6, 6.07) is 8.51. The Hall–Kier alpha value is -1.40. The number of benzene rings is 1. The first kappa shape index (κ1) is 16.0. The van der Waals surface area contributed by atoms with Gasteiger partial charge in [0.2, 0.25) is 10.0 Å². The molecule has 1 fully saturated rings. The molecule has 0 radical (unpaired) electrons. The molecule has 2 rings (SSSR count). The highest BCUT2D eigenvalue weighted by molar-refractivity contribution is 7.89. The van der Waals surface area contributed by atoms with Crippen molar-refractivity contribution in [2.24, 2.45) is 0 Å². The second-order valence-electron chi connectivity index (χ2n) is 5.55. The zero-order chi connectivity index (χ0) is 15.5. The number of sulfonamides is 1. The maximum Gasteiger partial charge on any atom is 0.322 e. The summed E-state index contributed by atoms with van der Waals surface area (Å²) >= 11 is 0. The predicted octanol–water partition coefficient (Wildman–Crippen LogP) is 2.06. The summed E-state index contributed by atoms with van der Waals surface area (Å²) in [7, 11) is -3.57. The SMILES string of the molecule is CC(CS(=O)(=O)N1CCCC[C@H]1C(=O)O)c1ccccc1. The highest BCUT2D eigenvalue weighted by Crippen LogP contribution is 2.25. The highest BCUT2D eigenvalue weighted by Gasteiger charge is 2.37. The third-order valence-electron chi connectivity index (χ3n) is 3.93. The van der Waals surface area contributed by atoms with Crippen LogP contribution in [0, 0.1) is 0 Å². The minimum Gasteiger partial charge on any atom is -0.480 e. The zero-order valence-corrected chi connectivity index (χ0v) is 12.9. The van der Waals surface area contributed by atoms with Gasteiger partial charge in [0.05, 0.1) is 5.75 Å². The van der Waals surface area contributed by atoms with Gasteiger partial charge in [0.15, 0.2) is 0 Å². The number of aliphatic carboxylic acids is 1. The van der Waals surface area contributed by atoms with Gasteiger partial charge in [-0.25, -0.2) is 8.42 Å². The van der Waals surface area contributed by atoms with Gasteiger partial charge in [-0.1, -0.05) is 37.3 Å². The van der Waals surface area contributed by atoms with E-state index in [-0.39, 0.29) is 11.7 Å². The van der Waals surface area contributed by atoms with Gasteiger partial charge < -0.3 is 5.11 Å². The summed E-state index contributed by atoms with van der Waals surface area (Å²) in [6.45, 7) is 2.16. The number of rotatable bonds is 5. The number of nitrogens with zero attached hydrogens (tertiary/aromatic N) is 1. The van der Waals surface area contributed by atoms with Crippen LogP contribution in [0.15, 0.2) is 30.3 Å². The van der Waals surface area contributed by atoms with Crippen molar-refractivity contribution in [2.45, 2.75) is 38.1 Å². The van der Waals surface area contributed by atoms with Crippen LogP contribution in [0.2, 0.25) is 0 Å². The summed E-state index contributed by atoms with van der Waals surface area (Å²) in [5, 5.41) is 9.22. The Kier molecular flexibility index (Phi) is 5.00. The summed E-state index contributed by atoms with van der Waals surface area (Å²) in [5.41, 5.74) is 0.949. The molecule has 1 N–H and O–H groups in total. The molecule has 5 nitrogen and oxygen atoms in total. The van der Waals surface area contributed by atoms with Crippen molar-refractivity contribution in [3.63, 3.8) is 0 Å². The van der Waals surface area contributed by atoms with Crippen LogP contribution in [0.1, 0.15) is 37.7 Å². The largest absolute Gasteiger partial charge is 0.480 e. The Morgan fingerprint density at radius 2 is 2.00 bits per heavy atom. The first-order valence-electron chi connectivity index (χ1n) is 7.19. The minimum atomic E-state index is -3.57. The predicted molar refractivity (Wildman–Crippen MR) is 80.6 cm³/mol. The number of piperidine rings is 1. The Labute approximate surface area is 125 Å². The molecule has 0 aromatic heterocycles. The summed E-state index contributed by atoms with van der Waals surface area (Å²) in [5.74, 6) is -1.26. The standard InChI is InChI=1S/C15H21NO4S/c1-12(13-7-3-2-4-8-13)11-21(19,20)16-10-6-5-9-14(16)15(17)18/h2-4,7-8,12,14H,5-6,9-11H2,1H3,(H,17,18)/t12?,14-/m0/s1. The van der Waals surface area contributed by atoms with Crippen molar-refractivity contribution >= 4 is 16.0 Å². The Bertz CT molecular complexity index is 585. The number of carbonyl (C=O) groups is 1. The van der Waals surface area contributed by atoms with Crippen LogP contribution in [0.4, 0.5) is 0 Å². The molecule has 1 heterocycles. The molecule has 1 aromatic rings. The van der Waals surface area contributed by atoms with Gasteiger partial charge in [0.25, 0.3) is 0 Å². The van der Waals surface area contributed by atoms with Crippen LogP contribution < -0.4 is 0 Å². The summed E-state index contributed by atoms with van der Waals surface area (Å²) in [6.07, 6.45) is 1.88. The van der Waals surface area contributed by atoms with Gasteiger partial charge in [0, 0.05) is 6.54 Å². The van der Waals surface area contributed by atoms with Crippen LogP contribution in [-0.2, 0) is 14.8 Å². The van der Waals surface area contributed by atoms with Gasteiger partial charge in [0.1, 0.15) is 6.04 Å². The smallest absolute Gasteiger partial charge is 0.322 e. The maximum absolute atomic E-state index is 12.5. The van der Waals surface area contributed by atoms with E-state index in [9.17, 15) is 18.3 Å². The lowest BCUT2D eigenvalue weighted by Gasteiger charge is -2.32. The van der Waals surface area contributed by atoms with E-state index in [1.165, 1.54) is 4.31 Å². The summed E-state index contributed by atoms with van der Waals surface area (Å²) in [4.78, 5) is 11.3. The molecule has 0 bridgehead atoms. The van der Waals surface area contributed by atoms with Crippen LogP contribution >= 0.6 is 0 Å². The van der Waals surface area contributed by atoms with Gasteiger partial charge >= 0.3 is 5.97 Å². The fourth-order valence-corrected chi connectivity index (χ4v) is 4.78. The fraction of sp³-hybridized carbons (Fsp3) is 0.533. The molecule has 21 heavy (non-hydrogen) atoms. The van der Waals surface area contributed by atoms with Crippen molar-refractivity contribution in [1.29, 1.82) is 0 Å². The van der Waals surface area contributed by atoms with Crippen molar-refractivity contribution in [3.05, 3.63) is 35.9 Å². The molecule has 1 saturated heterocycles. The quantitative estimate of drug-likeness (QED) is 0.903. The monoisotopic (exact) mass is 311 g/mol.